The SMILES string of the molecule is CC=C(C)CCC1CC(C)C1. The maximum atomic E-state index is 2.36. The molecule has 0 N–H and O–H groups in total. The summed E-state index contributed by atoms with van der Waals surface area (Å²) >= 11 is 0. The van der Waals surface area contributed by atoms with Gasteiger partial charge in [-0.25, -0.2) is 0 Å². The topological polar surface area (TPSA) is 0 Å². The average Bonchev–Trinajstić information content (AvgIpc) is 1.95. The molecule has 0 aromatic heterocycles. The third-order valence-electron chi connectivity index (χ3n) is 2.91. The van der Waals surface area contributed by atoms with Crippen LogP contribution in [0.1, 0.15) is 46.5 Å². The van der Waals surface area contributed by atoms with Crippen LogP contribution in [0.4, 0.5) is 0 Å². The highest BCUT2D eigenvalue weighted by molar-refractivity contribution is 4.96. The first-order chi connectivity index (χ1) is 5.22. The van der Waals surface area contributed by atoms with Gasteiger partial charge < -0.3 is 0 Å². The van der Waals surface area contributed by atoms with Gasteiger partial charge in [-0.05, 0) is 51.4 Å². The van der Waals surface area contributed by atoms with E-state index in [1.54, 1.807) is 5.57 Å². The first-order valence-electron chi connectivity index (χ1n) is 4.84. The smallest absolute Gasteiger partial charge is 0.0321 e. The average molecular weight is 152 g/mol. The van der Waals surface area contributed by atoms with Crippen LogP contribution in [-0.4, -0.2) is 0 Å². The molecule has 0 aromatic carbocycles. The van der Waals surface area contributed by atoms with E-state index in [9.17, 15) is 0 Å². The zero-order valence-corrected chi connectivity index (χ0v) is 8.06. The summed E-state index contributed by atoms with van der Waals surface area (Å²) in [5, 5.41) is 0. The molecule has 0 atom stereocenters. The second-order valence-electron chi connectivity index (χ2n) is 4.12. The molecule has 0 saturated heterocycles. The van der Waals surface area contributed by atoms with Gasteiger partial charge in [0.15, 0.2) is 0 Å². The first-order valence-corrected chi connectivity index (χ1v) is 4.84. The molecule has 1 saturated carbocycles. The Bertz CT molecular complexity index is 138. The predicted octanol–water partition coefficient (Wildman–Crippen LogP) is 3.78. The van der Waals surface area contributed by atoms with Gasteiger partial charge in [0.1, 0.15) is 0 Å². The van der Waals surface area contributed by atoms with Gasteiger partial charge in [0.05, 0.1) is 0 Å². The Kier molecular flexibility index (Phi) is 3.16. The van der Waals surface area contributed by atoms with Crippen molar-refractivity contribution in [2.75, 3.05) is 0 Å². The summed E-state index contributed by atoms with van der Waals surface area (Å²) in [6, 6.07) is 0. The summed E-state index contributed by atoms with van der Waals surface area (Å²) in [4.78, 5) is 0. The van der Waals surface area contributed by atoms with Crippen molar-refractivity contribution in [3.8, 4) is 0 Å². The van der Waals surface area contributed by atoms with Gasteiger partial charge in [0.25, 0.3) is 0 Å². The monoisotopic (exact) mass is 152 g/mol. The van der Waals surface area contributed by atoms with Gasteiger partial charge in [-0.2, -0.15) is 0 Å². The molecule has 0 aliphatic heterocycles. The first kappa shape index (κ1) is 8.83. The molecule has 0 spiro atoms. The summed E-state index contributed by atoms with van der Waals surface area (Å²) in [5.74, 6) is 2.07. The minimum absolute atomic E-state index is 1.02. The highest BCUT2D eigenvalue weighted by atomic mass is 14.3. The second-order valence-corrected chi connectivity index (χ2v) is 4.12. The van der Waals surface area contributed by atoms with E-state index in [1.165, 1.54) is 25.7 Å². The van der Waals surface area contributed by atoms with E-state index in [0.717, 1.165) is 11.8 Å². The van der Waals surface area contributed by atoms with Crippen molar-refractivity contribution >= 4 is 0 Å². The van der Waals surface area contributed by atoms with Crippen LogP contribution in [0.3, 0.4) is 0 Å². The normalized spacial score (nSPS) is 31.7. The van der Waals surface area contributed by atoms with Gasteiger partial charge in [-0.3, -0.25) is 0 Å². The number of hydrogen-bond donors (Lipinski definition) is 0. The van der Waals surface area contributed by atoms with Gasteiger partial charge >= 0.3 is 0 Å². The lowest BCUT2D eigenvalue weighted by Gasteiger charge is -2.32. The van der Waals surface area contributed by atoms with E-state index in [-0.39, 0.29) is 0 Å². The van der Waals surface area contributed by atoms with Crippen molar-refractivity contribution in [3.05, 3.63) is 11.6 Å². The highest BCUT2D eigenvalue weighted by Gasteiger charge is 2.24. The van der Waals surface area contributed by atoms with Crippen molar-refractivity contribution < 1.29 is 0 Å². The van der Waals surface area contributed by atoms with Crippen molar-refractivity contribution in [1.82, 2.24) is 0 Å². The molecule has 11 heavy (non-hydrogen) atoms. The van der Waals surface area contributed by atoms with Crippen LogP contribution in [0.25, 0.3) is 0 Å². The fourth-order valence-electron chi connectivity index (χ4n) is 1.88. The lowest BCUT2D eigenvalue weighted by atomic mass is 9.73. The summed E-state index contributed by atoms with van der Waals surface area (Å²) in [6.07, 6.45) is 7.96. The molecule has 1 rings (SSSR count). The van der Waals surface area contributed by atoms with Gasteiger partial charge in [0.2, 0.25) is 0 Å². The molecular formula is C11H20. The minimum Gasteiger partial charge on any atom is -0.0887 e. The molecular weight excluding hydrogens is 132 g/mol. The van der Waals surface area contributed by atoms with Gasteiger partial charge in [-0.15, -0.1) is 0 Å². The lowest BCUT2D eigenvalue weighted by Crippen LogP contribution is -2.20. The molecule has 0 aromatic rings. The highest BCUT2D eigenvalue weighted by Crippen LogP contribution is 2.36. The molecule has 0 radical (unpaired) electrons. The zero-order valence-electron chi connectivity index (χ0n) is 8.06. The number of hydrogen-bond acceptors (Lipinski definition) is 0. The molecule has 0 bridgehead atoms. The fraction of sp³-hybridized carbons (Fsp3) is 0.818. The largest absolute Gasteiger partial charge is 0.0887 e. The molecule has 0 nitrogen and oxygen atoms in total. The Hall–Kier alpha value is -0.260. The zero-order chi connectivity index (χ0) is 8.27. The molecule has 64 valence electrons. The second kappa shape index (κ2) is 3.94. The Morgan fingerprint density at radius 2 is 2.09 bits per heavy atom. The van der Waals surface area contributed by atoms with Gasteiger partial charge in [-0.1, -0.05) is 18.6 Å². The standard InChI is InChI=1S/C11H20/c1-4-9(2)5-6-11-7-10(3)8-11/h4,10-11H,5-8H2,1-3H3. The summed E-state index contributed by atoms with van der Waals surface area (Å²) in [6.45, 7) is 6.74. The fourth-order valence-corrected chi connectivity index (χ4v) is 1.88. The van der Waals surface area contributed by atoms with Crippen LogP contribution in [-0.2, 0) is 0 Å². The summed E-state index contributed by atoms with van der Waals surface area (Å²) in [5.41, 5.74) is 1.56. The summed E-state index contributed by atoms with van der Waals surface area (Å²) in [7, 11) is 0. The minimum atomic E-state index is 1.02. The van der Waals surface area contributed by atoms with Crippen LogP contribution in [0.15, 0.2) is 11.6 Å². The predicted molar refractivity (Wildman–Crippen MR) is 50.6 cm³/mol. The van der Waals surface area contributed by atoms with E-state index in [4.69, 9.17) is 0 Å². The van der Waals surface area contributed by atoms with E-state index < -0.39 is 0 Å². The maximum absolute atomic E-state index is 2.36. The third-order valence-corrected chi connectivity index (χ3v) is 2.91. The quantitative estimate of drug-likeness (QED) is 0.540. The Balaban J connectivity index is 2.05. The Morgan fingerprint density at radius 1 is 1.45 bits per heavy atom. The van der Waals surface area contributed by atoms with E-state index in [0.29, 0.717) is 0 Å². The van der Waals surface area contributed by atoms with E-state index in [1.807, 2.05) is 0 Å². The number of allylic oxidation sites excluding steroid dienone is 2. The molecule has 1 fully saturated rings. The molecule has 0 amide bonds. The van der Waals surface area contributed by atoms with Crippen molar-refractivity contribution in [2.45, 2.75) is 46.5 Å². The van der Waals surface area contributed by atoms with E-state index >= 15 is 0 Å². The molecule has 0 heterocycles. The van der Waals surface area contributed by atoms with Crippen LogP contribution in [0.5, 0.6) is 0 Å². The van der Waals surface area contributed by atoms with Crippen LogP contribution >= 0.6 is 0 Å². The van der Waals surface area contributed by atoms with Gasteiger partial charge in [0, 0.05) is 0 Å². The van der Waals surface area contributed by atoms with Crippen molar-refractivity contribution in [1.29, 1.82) is 0 Å². The molecule has 0 heteroatoms. The Labute approximate surface area is 70.7 Å². The van der Waals surface area contributed by atoms with Crippen LogP contribution in [0.2, 0.25) is 0 Å². The molecule has 1 aliphatic rings. The van der Waals surface area contributed by atoms with Crippen LogP contribution < -0.4 is 0 Å². The third kappa shape index (κ3) is 2.69. The van der Waals surface area contributed by atoms with Crippen molar-refractivity contribution in [3.63, 3.8) is 0 Å². The molecule has 0 unspecified atom stereocenters. The van der Waals surface area contributed by atoms with Crippen molar-refractivity contribution in [2.24, 2.45) is 11.8 Å². The lowest BCUT2D eigenvalue weighted by molar-refractivity contribution is 0.200. The number of rotatable bonds is 3. The Morgan fingerprint density at radius 3 is 2.55 bits per heavy atom. The molecule has 1 aliphatic carbocycles. The van der Waals surface area contributed by atoms with E-state index in [2.05, 4.69) is 26.8 Å². The van der Waals surface area contributed by atoms with Crippen LogP contribution in [0, 0.1) is 11.8 Å². The summed E-state index contributed by atoms with van der Waals surface area (Å²) < 4.78 is 0. The maximum Gasteiger partial charge on any atom is -0.0321 e.